The van der Waals surface area contributed by atoms with Gasteiger partial charge < -0.3 is 10.6 Å². The van der Waals surface area contributed by atoms with Gasteiger partial charge in [0.25, 0.3) is 5.91 Å². The minimum atomic E-state index is -0.0280. The molecule has 2 unspecified atom stereocenters. The maximum absolute atomic E-state index is 11.7. The lowest BCUT2D eigenvalue weighted by atomic mass is 9.85. The molecule has 1 fully saturated rings. The summed E-state index contributed by atoms with van der Waals surface area (Å²) in [6, 6.07) is 6.40. The number of carbonyl (C=O) groups is 1. The van der Waals surface area contributed by atoms with E-state index in [2.05, 4.69) is 24.5 Å². The largest absolute Gasteiger partial charge is 0.382 e. The molecule has 0 aromatic heterocycles. The van der Waals surface area contributed by atoms with Crippen molar-refractivity contribution in [1.29, 1.82) is 0 Å². The van der Waals surface area contributed by atoms with Crippen LogP contribution in [0.5, 0.6) is 0 Å². The molecule has 0 bridgehead atoms. The molecule has 0 saturated heterocycles. The SMILES string of the molecule is CNC(=O)c1ccc(C)c(NC2CCCCC2C)c1. The smallest absolute Gasteiger partial charge is 0.251 e. The number of amides is 1. The highest BCUT2D eigenvalue weighted by Crippen LogP contribution is 2.28. The van der Waals surface area contributed by atoms with Crippen LogP contribution in [0.15, 0.2) is 18.2 Å². The fourth-order valence-corrected chi connectivity index (χ4v) is 2.79. The van der Waals surface area contributed by atoms with Gasteiger partial charge in [-0.05, 0) is 43.4 Å². The van der Waals surface area contributed by atoms with E-state index in [1.165, 1.54) is 31.2 Å². The zero-order valence-electron chi connectivity index (χ0n) is 12.1. The van der Waals surface area contributed by atoms with Crippen LogP contribution in [0.4, 0.5) is 5.69 Å². The van der Waals surface area contributed by atoms with Gasteiger partial charge in [0.2, 0.25) is 0 Å². The first kappa shape index (κ1) is 13.9. The first-order valence-corrected chi connectivity index (χ1v) is 7.21. The predicted octanol–water partition coefficient (Wildman–Crippen LogP) is 3.35. The van der Waals surface area contributed by atoms with Gasteiger partial charge >= 0.3 is 0 Å². The van der Waals surface area contributed by atoms with Crippen LogP contribution in [0.1, 0.15) is 48.5 Å². The molecule has 2 atom stereocenters. The summed E-state index contributed by atoms with van der Waals surface area (Å²) in [7, 11) is 1.67. The third-order valence-corrected chi connectivity index (χ3v) is 4.18. The molecule has 2 rings (SSSR count). The highest BCUT2D eigenvalue weighted by Gasteiger charge is 2.21. The topological polar surface area (TPSA) is 41.1 Å². The van der Waals surface area contributed by atoms with Gasteiger partial charge in [-0.15, -0.1) is 0 Å². The summed E-state index contributed by atoms with van der Waals surface area (Å²) in [5, 5.41) is 6.31. The highest BCUT2D eigenvalue weighted by molar-refractivity contribution is 5.95. The molecule has 19 heavy (non-hydrogen) atoms. The summed E-state index contributed by atoms with van der Waals surface area (Å²) in [4.78, 5) is 11.7. The molecule has 3 nitrogen and oxygen atoms in total. The molecule has 1 saturated carbocycles. The highest BCUT2D eigenvalue weighted by atomic mass is 16.1. The fourth-order valence-electron chi connectivity index (χ4n) is 2.79. The van der Waals surface area contributed by atoms with Crippen LogP contribution in [-0.4, -0.2) is 19.0 Å². The summed E-state index contributed by atoms with van der Waals surface area (Å²) < 4.78 is 0. The molecule has 1 aromatic rings. The number of benzene rings is 1. The van der Waals surface area contributed by atoms with Gasteiger partial charge in [-0.3, -0.25) is 4.79 Å². The van der Waals surface area contributed by atoms with Crippen molar-refractivity contribution in [2.24, 2.45) is 5.92 Å². The molecule has 1 amide bonds. The van der Waals surface area contributed by atoms with Gasteiger partial charge in [0.1, 0.15) is 0 Å². The molecular weight excluding hydrogens is 236 g/mol. The lowest BCUT2D eigenvalue weighted by molar-refractivity contribution is 0.0963. The molecule has 0 radical (unpaired) electrons. The standard InChI is InChI=1S/C16H24N2O/c1-11-6-4-5-7-14(11)18-15-10-13(16(19)17-3)9-8-12(15)2/h8-11,14,18H,4-7H2,1-3H3,(H,17,19). The zero-order valence-corrected chi connectivity index (χ0v) is 12.1. The Morgan fingerprint density at radius 1 is 1.26 bits per heavy atom. The molecule has 0 heterocycles. The van der Waals surface area contributed by atoms with E-state index < -0.39 is 0 Å². The van der Waals surface area contributed by atoms with Crippen molar-refractivity contribution >= 4 is 11.6 Å². The van der Waals surface area contributed by atoms with Crippen LogP contribution in [0.25, 0.3) is 0 Å². The van der Waals surface area contributed by atoms with E-state index >= 15 is 0 Å². The summed E-state index contributed by atoms with van der Waals surface area (Å²) in [6.07, 6.45) is 5.17. The monoisotopic (exact) mass is 260 g/mol. The second kappa shape index (κ2) is 6.09. The molecule has 0 spiro atoms. The van der Waals surface area contributed by atoms with Crippen molar-refractivity contribution in [3.8, 4) is 0 Å². The minimum Gasteiger partial charge on any atom is -0.382 e. The van der Waals surface area contributed by atoms with Crippen LogP contribution in [0.2, 0.25) is 0 Å². The van der Waals surface area contributed by atoms with Crippen molar-refractivity contribution in [1.82, 2.24) is 5.32 Å². The number of hydrogen-bond donors (Lipinski definition) is 2. The first-order valence-electron chi connectivity index (χ1n) is 7.21. The molecule has 1 aliphatic rings. The Bertz CT molecular complexity index is 456. The Morgan fingerprint density at radius 2 is 2.00 bits per heavy atom. The lowest BCUT2D eigenvalue weighted by Gasteiger charge is -2.31. The van der Waals surface area contributed by atoms with Crippen LogP contribution < -0.4 is 10.6 Å². The predicted molar refractivity (Wildman–Crippen MR) is 79.6 cm³/mol. The number of carbonyl (C=O) groups excluding carboxylic acids is 1. The maximum atomic E-state index is 11.7. The Kier molecular flexibility index (Phi) is 4.46. The van der Waals surface area contributed by atoms with Crippen molar-refractivity contribution in [2.45, 2.75) is 45.6 Å². The van der Waals surface area contributed by atoms with Crippen LogP contribution >= 0.6 is 0 Å². The Labute approximate surface area is 115 Å². The second-order valence-electron chi connectivity index (χ2n) is 5.62. The summed E-state index contributed by atoms with van der Waals surface area (Å²) in [6.45, 7) is 4.40. The van der Waals surface area contributed by atoms with Crippen LogP contribution in [-0.2, 0) is 0 Å². The molecule has 3 heteroatoms. The average Bonchev–Trinajstić information content (AvgIpc) is 2.42. The van der Waals surface area contributed by atoms with Gasteiger partial charge in [-0.2, -0.15) is 0 Å². The third kappa shape index (κ3) is 3.28. The van der Waals surface area contributed by atoms with E-state index in [4.69, 9.17) is 0 Å². The number of anilines is 1. The van der Waals surface area contributed by atoms with E-state index in [1.54, 1.807) is 7.05 Å². The summed E-state index contributed by atoms with van der Waals surface area (Å²) in [5.74, 6) is 0.677. The molecular formula is C16H24N2O. The summed E-state index contributed by atoms with van der Waals surface area (Å²) in [5.41, 5.74) is 3.02. The average molecular weight is 260 g/mol. The van der Waals surface area contributed by atoms with Gasteiger partial charge in [0, 0.05) is 24.3 Å². The molecule has 104 valence electrons. The van der Waals surface area contributed by atoms with E-state index in [0.717, 1.165) is 11.3 Å². The fraction of sp³-hybridized carbons (Fsp3) is 0.562. The number of rotatable bonds is 3. The van der Waals surface area contributed by atoms with E-state index in [9.17, 15) is 4.79 Å². The molecule has 1 aliphatic carbocycles. The Hall–Kier alpha value is -1.51. The maximum Gasteiger partial charge on any atom is 0.251 e. The zero-order chi connectivity index (χ0) is 13.8. The van der Waals surface area contributed by atoms with Crippen molar-refractivity contribution < 1.29 is 4.79 Å². The number of hydrogen-bond acceptors (Lipinski definition) is 2. The van der Waals surface area contributed by atoms with Gasteiger partial charge in [-0.25, -0.2) is 0 Å². The van der Waals surface area contributed by atoms with Gasteiger partial charge in [0.05, 0.1) is 0 Å². The van der Waals surface area contributed by atoms with Crippen LogP contribution in [0, 0.1) is 12.8 Å². The van der Waals surface area contributed by atoms with Crippen molar-refractivity contribution in [2.75, 3.05) is 12.4 Å². The van der Waals surface area contributed by atoms with Gasteiger partial charge in [0.15, 0.2) is 0 Å². The van der Waals surface area contributed by atoms with Crippen molar-refractivity contribution in [3.05, 3.63) is 29.3 Å². The Morgan fingerprint density at radius 3 is 2.68 bits per heavy atom. The lowest BCUT2D eigenvalue weighted by Crippen LogP contribution is -2.30. The number of nitrogens with one attached hydrogen (secondary N) is 2. The normalized spacial score (nSPS) is 22.9. The van der Waals surface area contributed by atoms with E-state index in [-0.39, 0.29) is 5.91 Å². The summed E-state index contributed by atoms with van der Waals surface area (Å²) >= 11 is 0. The van der Waals surface area contributed by atoms with Gasteiger partial charge in [-0.1, -0.05) is 25.8 Å². The van der Waals surface area contributed by atoms with Crippen molar-refractivity contribution in [3.63, 3.8) is 0 Å². The first-order chi connectivity index (χ1) is 9.11. The van der Waals surface area contributed by atoms with E-state index in [0.29, 0.717) is 12.0 Å². The Balaban J connectivity index is 2.16. The van der Waals surface area contributed by atoms with Crippen LogP contribution in [0.3, 0.4) is 0 Å². The second-order valence-corrected chi connectivity index (χ2v) is 5.62. The quantitative estimate of drug-likeness (QED) is 0.875. The van der Waals surface area contributed by atoms with E-state index in [1.807, 2.05) is 18.2 Å². The molecule has 1 aromatic carbocycles. The minimum absolute atomic E-state index is 0.0280. The molecule has 0 aliphatic heterocycles. The number of aryl methyl sites for hydroxylation is 1. The molecule has 2 N–H and O–H groups in total. The third-order valence-electron chi connectivity index (χ3n) is 4.18.